The van der Waals surface area contributed by atoms with Gasteiger partial charge in [-0.25, -0.2) is 4.39 Å². The molecule has 1 unspecified atom stereocenters. The zero-order valence-corrected chi connectivity index (χ0v) is 18.7. The quantitative estimate of drug-likeness (QED) is 0.492. The van der Waals surface area contributed by atoms with Crippen molar-refractivity contribution < 1.29 is 9.50 Å². The minimum absolute atomic E-state index is 0.239. The third-order valence-electron chi connectivity index (χ3n) is 6.55. The number of hydrogen-bond donors (Lipinski definition) is 1. The molecule has 166 valence electrons. The molecule has 0 aliphatic carbocycles. The molecular formula is C25H28FN5O. The van der Waals surface area contributed by atoms with Gasteiger partial charge in [-0.1, -0.05) is 32.0 Å². The fourth-order valence-corrected chi connectivity index (χ4v) is 4.76. The molecular weight excluding hydrogens is 405 g/mol. The first-order valence-corrected chi connectivity index (χ1v) is 11.3. The van der Waals surface area contributed by atoms with Gasteiger partial charge in [0.25, 0.3) is 5.78 Å². The Morgan fingerprint density at radius 1 is 1.12 bits per heavy atom. The molecule has 5 rings (SSSR count). The molecule has 32 heavy (non-hydrogen) atoms. The van der Waals surface area contributed by atoms with Crippen LogP contribution in [0.4, 0.5) is 15.9 Å². The molecule has 3 heterocycles. The van der Waals surface area contributed by atoms with Crippen molar-refractivity contribution in [3.05, 3.63) is 59.2 Å². The van der Waals surface area contributed by atoms with Crippen molar-refractivity contribution in [2.24, 2.45) is 5.92 Å². The van der Waals surface area contributed by atoms with Gasteiger partial charge in [-0.2, -0.15) is 4.98 Å². The third kappa shape index (κ3) is 3.41. The van der Waals surface area contributed by atoms with Crippen molar-refractivity contribution >= 4 is 28.2 Å². The van der Waals surface area contributed by atoms with E-state index in [1.54, 1.807) is 10.5 Å². The molecule has 0 saturated carbocycles. The van der Waals surface area contributed by atoms with Crippen LogP contribution in [0.3, 0.4) is 0 Å². The summed E-state index contributed by atoms with van der Waals surface area (Å²) in [7, 11) is 0. The maximum absolute atomic E-state index is 15.2. The third-order valence-corrected chi connectivity index (χ3v) is 6.55. The van der Waals surface area contributed by atoms with E-state index in [0.29, 0.717) is 22.8 Å². The standard InChI is InChI=1S/C25H28FN5O/c1-15(2)22(32)13-12-17-7-4-10-20-18(17)8-6-14-30(20)24-23-19(26)9-5-11-21(23)31-16(3)28-29-25(31)27-24/h4-5,7,9-11,15,22,32H,6,8,12-14H2,1-3H3. The number of aliphatic hydroxyl groups excluding tert-OH is 1. The van der Waals surface area contributed by atoms with Gasteiger partial charge in [-0.3, -0.25) is 4.40 Å². The smallest absolute Gasteiger partial charge is 0.257 e. The number of anilines is 2. The fourth-order valence-electron chi connectivity index (χ4n) is 4.76. The number of aryl methyl sites for hydroxylation is 2. The first kappa shape index (κ1) is 20.8. The number of aliphatic hydroxyl groups is 1. The second-order valence-corrected chi connectivity index (χ2v) is 8.97. The predicted octanol–water partition coefficient (Wildman–Crippen LogP) is 4.76. The molecule has 2 aromatic heterocycles. The van der Waals surface area contributed by atoms with Gasteiger partial charge in [0.1, 0.15) is 17.5 Å². The molecule has 1 N–H and O–H groups in total. The van der Waals surface area contributed by atoms with Gasteiger partial charge in [-0.15, -0.1) is 10.2 Å². The number of rotatable bonds is 5. The second kappa shape index (κ2) is 8.13. The van der Waals surface area contributed by atoms with Crippen LogP contribution < -0.4 is 4.90 Å². The van der Waals surface area contributed by atoms with Crippen LogP contribution in [0.5, 0.6) is 0 Å². The van der Waals surface area contributed by atoms with Crippen LogP contribution in [0.25, 0.3) is 16.7 Å². The van der Waals surface area contributed by atoms with Crippen LogP contribution in [0, 0.1) is 18.7 Å². The summed E-state index contributed by atoms with van der Waals surface area (Å²) in [6.07, 6.45) is 3.15. The number of aromatic nitrogens is 4. The summed E-state index contributed by atoms with van der Waals surface area (Å²) in [6, 6.07) is 11.4. The van der Waals surface area contributed by atoms with Crippen molar-refractivity contribution in [2.75, 3.05) is 11.4 Å². The van der Waals surface area contributed by atoms with E-state index < -0.39 is 0 Å². The number of hydrogen-bond acceptors (Lipinski definition) is 5. The Hall–Kier alpha value is -3.06. The predicted molar refractivity (Wildman–Crippen MR) is 124 cm³/mol. The monoisotopic (exact) mass is 433 g/mol. The second-order valence-electron chi connectivity index (χ2n) is 8.97. The Bertz CT molecular complexity index is 1300. The summed E-state index contributed by atoms with van der Waals surface area (Å²) in [6.45, 7) is 6.69. The largest absolute Gasteiger partial charge is 0.393 e. The highest BCUT2D eigenvalue weighted by Crippen LogP contribution is 2.39. The summed E-state index contributed by atoms with van der Waals surface area (Å²) < 4.78 is 17.0. The van der Waals surface area contributed by atoms with Gasteiger partial charge in [0.2, 0.25) is 0 Å². The molecule has 2 aromatic carbocycles. The van der Waals surface area contributed by atoms with Crippen LogP contribution in [0.2, 0.25) is 0 Å². The topological polar surface area (TPSA) is 66.5 Å². The Kier molecular flexibility index (Phi) is 5.29. The fraction of sp³-hybridized carbons (Fsp3) is 0.400. The highest BCUT2D eigenvalue weighted by Gasteiger charge is 2.26. The van der Waals surface area contributed by atoms with Crippen LogP contribution >= 0.6 is 0 Å². The summed E-state index contributed by atoms with van der Waals surface area (Å²) in [5.74, 6) is 1.67. The van der Waals surface area contributed by atoms with Gasteiger partial charge in [0, 0.05) is 12.2 Å². The Balaban J connectivity index is 1.64. The zero-order chi connectivity index (χ0) is 22.4. The van der Waals surface area contributed by atoms with E-state index >= 15 is 4.39 Å². The summed E-state index contributed by atoms with van der Waals surface area (Å²) in [5.41, 5.74) is 4.29. The van der Waals surface area contributed by atoms with Gasteiger partial charge in [0.05, 0.1) is 17.0 Å². The molecule has 0 saturated heterocycles. The minimum atomic E-state index is -0.316. The van der Waals surface area contributed by atoms with Crippen molar-refractivity contribution in [2.45, 2.75) is 52.6 Å². The van der Waals surface area contributed by atoms with Crippen molar-refractivity contribution in [3.8, 4) is 0 Å². The molecule has 7 heteroatoms. The number of fused-ring (bicyclic) bond motifs is 4. The molecule has 1 aliphatic rings. The lowest BCUT2D eigenvalue weighted by Crippen LogP contribution is -2.27. The van der Waals surface area contributed by atoms with E-state index in [0.717, 1.165) is 43.4 Å². The van der Waals surface area contributed by atoms with E-state index in [1.165, 1.54) is 17.2 Å². The minimum Gasteiger partial charge on any atom is -0.393 e. The Morgan fingerprint density at radius 2 is 1.94 bits per heavy atom. The molecule has 0 fully saturated rings. The molecule has 0 spiro atoms. The van der Waals surface area contributed by atoms with Crippen LogP contribution in [0.15, 0.2) is 36.4 Å². The summed E-state index contributed by atoms with van der Waals surface area (Å²) >= 11 is 0. The van der Waals surface area contributed by atoms with Crippen LogP contribution in [-0.2, 0) is 12.8 Å². The van der Waals surface area contributed by atoms with Crippen LogP contribution in [-0.4, -0.2) is 37.3 Å². The first-order chi connectivity index (χ1) is 15.5. The Labute approximate surface area is 186 Å². The average molecular weight is 434 g/mol. The molecule has 0 amide bonds. The van der Waals surface area contributed by atoms with E-state index in [4.69, 9.17) is 4.98 Å². The highest BCUT2D eigenvalue weighted by atomic mass is 19.1. The average Bonchev–Trinajstić information content (AvgIpc) is 3.17. The first-order valence-electron chi connectivity index (χ1n) is 11.3. The van der Waals surface area contributed by atoms with Crippen molar-refractivity contribution in [1.82, 2.24) is 19.6 Å². The number of halogens is 1. The number of nitrogens with zero attached hydrogens (tertiary/aromatic N) is 5. The molecule has 1 atom stereocenters. The van der Waals surface area contributed by atoms with Crippen molar-refractivity contribution in [1.29, 1.82) is 0 Å². The van der Waals surface area contributed by atoms with E-state index in [-0.39, 0.29) is 17.8 Å². The molecule has 0 radical (unpaired) electrons. The molecule has 4 aromatic rings. The lowest BCUT2D eigenvalue weighted by molar-refractivity contribution is 0.116. The van der Waals surface area contributed by atoms with E-state index in [2.05, 4.69) is 27.2 Å². The number of benzene rings is 2. The van der Waals surface area contributed by atoms with E-state index in [9.17, 15) is 5.11 Å². The van der Waals surface area contributed by atoms with Gasteiger partial charge in [0.15, 0.2) is 0 Å². The van der Waals surface area contributed by atoms with Crippen LogP contribution in [0.1, 0.15) is 43.6 Å². The van der Waals surface area contributed by atoms with Crippen molar-refractivity contribution in [3.63, 3.8) is 0 Å². The zero-order valence-electron chi connectivity index (χ0n) is 18.7. The molecule has 0 bridgehead atoms. The highest BCUT2D eigenvalue weighted by molar-refractivity contribution is 5.94. The normalized spacial score (nSPS) is 15.0. The maximum atomic E-state index is 15.2. The molecule has 1 aliphatic heterocycles. The lowest BCUT2D eigenvalue weighted by atomic mass is 9.91. The SMILES string of the molecule is Cc1nnc2nc(N3CCCc4c(CCC(O)C(C)C)cccc43)c3c(F)cccc3n12. The Morgan fingerprint density at radius 3 is 2.75 bits per heavy atom. The van der Waals surface area contributed by atoms with Gasteiger partial charge >= 0.3 is 0 Å². The molecule has 6 nitrogen and oxygen atoms in total. The maximum Gasteiger partial charge on any atom is 0.257 e. The summed E-state index contributed by atoms with van der Waals surface area (Å²) in [5, 5.41) is 19.2. The van der Waals surface area contributed by atoms with Gasteiger partial charge in [-0.05, 0) is 67.9 Å². The van der Waals surface area contributed by atoms with E-state index in [1.807, 2.05) is 32.9 Å². The lowest BCUT2D eigenvalue weighted by Gasteiger charge is -2.32. The summed E-state index contributed by atoms with van der Waals surface area (Å²) in [4.78, 5) is 6.89. The van der Waals surface area contributed by atoms with Gasteiger partial charge < -0.3 is 10.0 Å².